The molecule has 5 nitrogen and oxygen atoms in total. The molecule has 1 aromatic rings. The first-order valence-electron chi connectivity index (χ1n) is 4.70. The Morgan fingerprint density at radius 3 is 2.75 bits per heavy atom. The van der Waals surface area contributed by atoms with Crippen LogP contribution in [-0.2, 0) is 4.79 Å². The third-order valence-corrected chi connectivity index (χ3v) is 4.86. The number of amides is 1. The summed E-state index contributed by atoms with van der Waals surface area (Å²) in [4.78, 5) is 11.1. The summed E-state index contributed by atoms with van der Waals surface area (Å²) in [7, 11) is 0. The van der Waals surface area contributed by atoms with Gasteiger partial charge in [0.15, 0.2) is 8.68 Å². The van der Waals surface area contributed by atoms with E-state index < -0.39 is 0 Å². The third kappa shape index (κ3) is 4.28. The van der Waals surface area contributed by atoms with E-state index >= 15 is 0 Å². The fourth-order valence-corrected chi connectivity index (χ4v) is 3.51. The highest BCUT2D eigenvalue weighted by molar-refractivity contribution is 8.03. The molecule has 1 atom stereocenters. The van der Waals surface area contributed by atoms with Crippen LogP contribution in [0.4, 0.5) is 0 Å². The van der Waals surface area contributed by atoms with Crippen molar-refractivity contribution in [3.05, 3.63) is 0 Å². The maximum absolute atomic E-state index is 11.1. The van der Waals surface area contributed by atoms with Crippen molar-refractivity contribution in [3.63, 3.8) is 0 Å². The van der Waals surface area contributed by atoms with Crippen LogP contribution in [-0.4, -0.2) is 40.7 Å². The summed E-state index contributed by atoms with van der Waals surface area (Å²) in [5, 5.41) is 11.0. The highest BCUT2D eigenvalue weighted by Gasteiger charge is 2.15. The summed E-state index contributed by atoms with van der Waals surface area (Å²) in [5.41, 5.74) is 5.27. The summed E-state index contributed by atoms with van der Waals surface area (Å²) in [6, 6.07) is -0.309. The van der Waals surface area contributed by atoms with Gasteiger partial charge in [-0.1, -0.05) is 41.8 Å². The van der Waals surface area contributed by atoms with Gasteiger partial charge in [-0.3, -0.25) is 4.79 Å². The van der Waals surface area contributed by atoms with E-state index in [1.54, 1.807) is 11.8 Å². The van der Waals surface area contributed by atoms with Gasteiger partial charge in [-0.2, -0.15) is 0 Å². The molecule has 0 spiro atoms. The van der Waals surface area contributed by atoms with Crippen molar-refractivity contribution >= 4 is 40.8 Å². The average molecular weight is 278 g/mol. The molecule has 1 heterocycles. The number of hydrogen-bond donors (Lipinski definition) is 2. The Labute approximate surface area is 107 Å². The van der Waals surface area contributed by atoms with Crippen molar-refractivity contribution < 1.29 is 4.79 Å². The number of nitrogens with two attached hydrogens (primary N) is 1. The number of thioether (sulfide) groups is 2. The molecule has 1 amide bonds. The minimum absolute atomic E-state index is 0.309. The van der Waals surface area contributed by atoms with Crippen LogP contribution in [0.15, 0.2) is 8.68 Å². The van der Waals surface area contributed by atoms with Gasteiger partial charge in [-0.25, -0.2) is 0 Å². The zero-order valence-corrected chi connectivity index (χ0v) is 11.5. The first-order valence-corrected chi connectivity index (χ1v) is 7.73. The molecule has 0 saturated heterocycles. The second-order valence-electron chi connectivity index (χ2n) is 2.86. The Morgan fingerprint density at radius 2 is 2.25 bits per heavy atom. The number of nitrogens with zero attached hydrogens (tertiary/aromatic N) is 2. The molecule has 16 heavy (non-hydrogen) atoms. The largest absolute Gasteiger partial charge is 0.368 e. The van der Waals surface area contributed by atoms with Gasteiger partial charge >= 0.3 is 0 Å². The lowest BCUT2D eigenvalue weighted by atomic mass is 10.3. The molecular weight excluding hydrogens is 264 g/mol. The van der Waals surface area contributed by atoms with Crippen LogP contribution in [0.25, 0.3) is 0 Å². The maximum atomic E-state index is 11.1. The van der Waals surface area contributed by atoms with E-state index in [1.807, 2.05) is 13.2 Å². The van der Waals surface area contributed by atoms with E-state index in [1.165, 1.54) is 23.1 Å². The van der Waals surface area contributed by atoms with Crippen molar-refractivity contribution in [1.29, 1.82) is 0 Å². The van der Waals surface area contributed by atoms with E-state index in [0.29, 0.717) is 5.75 Å². The number of likely N-dealkylation sites (N-methyl/N-ethyl adjacent to an activating group) is 1. The molecule has 8 heteroatoms. The normalized spacial score (nSPS) is 12.6. The van der Waals surface area contributed by atoms with Gasteiger partial charge in [0.2, 0.25) is 5.91 Å². The molecular formula is C8H14N4OS3. The first-order chi connectivity index (χ1) is 7.67. The number of aromatic nitrogens is 2. The zero-order chi connectivity index (χ0) is 12.0. The topological polar surface area (TPSA) is 80.9 Å². The summed E-state index contributed by atoms with van der Waals surface area (Å²) in [6.07, 6.45) is 1.96. The van der Waals surface area contributed by atoms with Crippen LogP contribution < -0.4 is 11.1 Å². The molecule has 0 aliphatic carbocycles. The summed E-state index contributed by atoms with van der Waals surface area (Å²) >= 11 is 4.59. The van der Waals surface area contributed by atoms with E-state index in [-0.39, 0.29) is 11.9 Å². The number of primary amides is 1. The standard InChI is InChI=1S/C8H14N4OS3/c1-3-10-5(6(9)13)4-15-8-12-11-7(14-2)16-8/h5,10H,3-4H2,1-2H3,(H2,9,13). The number of rotatable bonds is 7. The van der Waals surface area contributed by atoms with Crippen molar-refractivity contribution in [2.24, 2.45) is 5.73 Å². The Balaban J connectivity index is 2.45. The van der Waals surface area contributed by atoms with Crippen molar-refractivity contribution in [1.82, 2.24) is 15.5 Å². The first kappa shape index (κ1) is 13.8. The molecule has 0 fully saturated rings. The highest BCUT2D eigenvalue weighted by atomic mass is 32.2. The van der Waals surface area contributed by atoms with Gasteiger partial charge in [0.05, 0.1) is 6.04 Å². The zero-order valence-electron chi connectivity index (χ0n) is 9.10. The maximum Gasteiger partial charge on any atom is 0.235 e. The molecule has 0 saturated carbocycles. The van der Waals surface area contributed by atoms with Crippen molar-refractivity contribution in [2.75, 3.05) is 18.6 Å². The van der Waals surface area contributed by atoms with E-state index in [9.17, 15) is 4.79 Å². The Kier molecular flexibility index (Phi) is 6.10. The molecule has 0 aliphatic rings. The smallest absolute Gasteiger partial charge is 0.235 e. The van der Waals surface area contributed by atoms with E-state index in [2.05, 4.69) is 15.5 Å². The van der Waals surface area contributed by atoms with Gasteiger partial charge in [-0.05, 0) is 12.8 Å². The van der Waals surface area contributed by atoms with Crippen molar-refractivity contribution in [3.8, 4) is 0 Å². The van der Waals surface area contributed by atoms with Gasteiger partial charge < -0.3 is 11.1 Å². The quantitative estimate of drug-likeness (QED) is 0.719. The SMILES string of the molecule is CCNC(CSc1nnc(SC)s1)C(N)=O. The van der Waals surface area contributed by atoms with Crippen LogP contribution in [0.5, 0.6) is 0 Å². The predicted octanol–water partition coefficient (Wildman–Crippen LogP) is 0.816. The lowest BCUT2D eigenvalue weighted by Crippen LogP contribution is -2.42. The average Bonchev–Trinajstić information content (AvgIpc) is 2.71. The molecule has 90 valence electrons. The molecule has 3 N–H and O–H groups in total. The monoisotopic (exact) mass is 278 g/mol. The number of hydrogen-bond acceptors (Lipinski definition) is 7. The number of carbonyl (C=O) groups excluding carboxylic acids is 1. The predicted molar refractivity (Wildman–Crippen MR) is 69.1 cm³/mol. The minimum Gasteiger partial charge on any atom is -0.368 e. The second-order valence-corrected chi connectivity index (χ2v) is 6.16. The fourth-order valence-electron chi connectivity index (χ4n) is 0.981. The fraction of sp³-hybridized carbons (Fsp3) is 0.625. The van der Waals surface area contributed by atoms with E-state index in [4.69, 9.17) is 5.73 Å². The minimum atomic E-state index is -0.330. The summed E-state index contributed by atoms with van der Waals surface area (Å²) < 4.78 is 1.80. The van der Waals surface area contributed by atoms with Crippen LogP contribution in [0.3, 0.4) is 0 Å². The van der Waals surface area contributed by atoms with Crippen LogP contribution in [0.1, 0.15) is 6.92 Å². The van der Waals surface area contributed by atoms with Crippen LogP contribution >= 0.6 is 34.9 Å². The number of nitrogens with one attached hydrogen (secondary N) is 1. The summed E-state index contributed by atoms with van der Waals surface area (Å²) in [5.74, 6) is 0.260. The highest BCUT2D eigenvalue weighted by Crippen LogP contribution is 2.27. The van der Waals surface area contributed by atoms with Gasteiger partial charge in [-0.15, -0.1) is 10.2 Å². The van der Waals surface area contributed by atoms with Gasteiger partial charge in [0.1, 0.15) is 0 Å². The molecule has 0 bridgehead atoms. The Hall–Kier alpha value is -0.310. The van der Waals surface area contributed by atoms with E-state index in [0.717, 1.165) is 15.2 Å². The molecule has 1 aromatic heterocycles. The van der Waals surface area contributed by atoms with Crippen LogP contribution in [0.2, 0.25) is 0 Å². The van der Waals surface area contributed by atoms with Crippen LogP contribution in [0, 0.1) is 0 Å². The summed E-state index contributed by atoms with van der Waals surface area (Å²) in [6.45, 7) is 2.66. The molecule has 0 aliphatic heterocycles. The lowest BCUT2D eigenvalue weighted by Gasteiger charge is -2.11. The number of carbonyl (C=O) groups is 1. The second kappa shape index (κ2) is 7.10. The molecule has 0 radical (unpaired) electrons. The Morgan fingerprint density at radius 1 is 1.56 bits per heavy atom. The lowest BCUT2D eigenvalue weighted by molar-refractivity contribution is -0.119. The van der Waals surface area contributed by atoms with Gasteiger partial charge in [0.25, 0.3) is 0 Å². The molecule has 1 rings (SSSR count). The Bertz CT molecular complexity index is 344. The van der Waals surface area contributed by atoms with Gasteiger partial charge in [0, 0.05) is 5.75 Å². The van der Waals surface area contributed by atoms with Crippen molar-refractivity contribution in [2.45, 2.75) is 21.6 Å². The third-order valence-electron chi connectivity index (χ3n) is 1.73. The molecule has 0 aromatic carbocycles. The molecule has 1 unspecified atom stereocenters.